The molecule has 1 unspecified atom stereocenters. The molecule has 0 aliphatic rings. The second kappa shape index (κ2) is 70.3. The van der Waals surface area contributed by atoms with Gasteiger partial charge in [-0.15, -0.1) is 0 Å². The fourth-order valence-electron chi connectivity index (χ4n) is 10.5. The number of hydrogen-bond donors (Lipinski definition) is 0. The Hall–Kier alpha value is -3.15. The molecule has 82 heavy (non-hydrogen) atoms. The summed E-state index contributed by atoms with van der Waals surface area (Å²) in [6.45, 7) is 6.63. The molecule has 0 heterocycles. The van der Waals surface area contributed by atoms with Crippen molar-refractivity contribution in [2.75, 3.05) is 13.2 Å². The van der Waals surface area contributed by atoms with Crippen molar-refractivity contribution < 1.29 is 28.6 Å². The lowest BCUT2D eigenvalue weighted by Crippen LogP contribution is -2.30. The predicted molar refractivity (Wildman–Crippen MR) is 358 cm³/mol. The average Bonchev–Trinajstić information content (AvgIpc) is 3.47. The van der Waals surface area contributed by atoms with Crippen LogP contribution in [0.5, 0.6) is 0 Å². The minimum absolute atomic E-state index is 0.0770. The standard InChI is InChI=1S/C76H136O6/c1-4-7-10-13-16-19-22-25-28-31-34-35-36-37-38-39-40-41-43-45-48-51-54-57-60-63-66-69-75(78)81-72-73(71-80-74(77)68-65-62-59-56-53-50-47-44-33-30-27-24-21-18-15-12-9-6-3)82-76(79)70-67-64-61-58-55-52-49-46-42-32-29-26-23-20-17-14-11-8-5-2/h17,20-22,24-26,29-31,33-34,73H,4-16,18-19,23,27-28,32,35-72H2,1-3H3/b20-17-,24-21-,25-22-,29-26-,33-30-,34-31-. The van der Waals surface area contributed by atoms with E-state index < -0.39 is 6.10 Å². The molecular weight excluding hydrogens is 1010 g/mol. The van der Waals surface area contributed by atoms with Gasteiger partial charge >= 0.3 is 17.9 Å². The lowest BCUT2D eigenvalue weighted by Gasteiger charge is -2.18. The van der Waals surface area contributed by atoms with Gasteiger partial charge in [0.05, 0.1) is 0 Å². The van der Waals surface area contributed by atoms with Crippen LogP contribution >= 0.6 is 0 Å². The van der Waals surface area contributed by atoms with Gasteiger partial charge in [-0.05, 0) is 116 Å². The summed E-state index contributed by atoms with van der Waals surface area (Å²) in [5.41, 5.74) is 0. The van der Waals surface area contributed by atoms with Gasteiger partial charge < -0.3 is 14.2 Å². The molecule has 0 aliphatic heterocycles. The Morgan fingerprint density at radius 1 is 0.244 bits per heavy atom. The molecule has 0 bridgehead atoms. The van der Waals surface area contributed by atoms with Gasteiger partial charge in [-0.3, -0.25) is 14.4 Å². The van der Waals surface area contributed by atoms with E-state index >= 15 is 0 Å². The molecule has 0 aliphatic carbocycles. The smallest absolute Gasteiger partial charge is 0.306 e. The number of carbonyl (C=O) groups is 3. The van der Waals surface area contributed by atoms with Crippen LogP contribution in [-0.2, 0) is 28.6 Å². The maximum Gasteiger partial charge on any atom is 0.306 e. The first-order valence-electron chi connectivity index (χ1n) is 35.9. The summed E-state index contributed by atoms with van der Waals surface area (Å²) in [6, 6.07) is 0. The van der Waals surface area contributed by atoms with Crippen molar-refractivity contribution >= 4 is 17.9 Å². The van der Waals surface area contributed by atoms with Crippen molar-refractivity contribution in [1.82, 2.24) is 0 Å². The summed E-state index contributed by atoms with van der Waals surface area (Å²) in [4.78, 5) is 38.5. The van der Waals surface area contributed by atoms with Crippen LogP contribution in [0.15, 0.2) is 72.9 Å². The van der Waals surface area contributed by atoms with Crippen LogP contribution in [0.1, 0.15) is 374 Å². The molecule has 0 radical (unpaired) electrons. The maximum absolute atomic E-state index is 13.0. The highest BCUT2D eigenvalue weighted by atomic mass is 16.6. The molecule has 0 saturated heterocycles. The third-order valence-electron chi connectivity index (χ3n) is 15.9. The van der Waals surface area contributed by atoms with E-state index in [-0.39, 0.29) is 31.1 Å². The first-order chi connectivity index (χ1) is 40.5. The average molecular weight is 1150 g/mol. The Kier molecular flexibility index (Phi) is 67.6. The fraction of sp³-hybridized carbons (Fsp3) is 0.803. The second-order valence-corrected chi connectivity index (χ2v) is 24.1. The maximum atomic E-state index is 13.0. The van der Waals surface area contributed by atoms with Gasteiger partial charge in [-0.25, -0.2) is 0 Å². The van der Waals surface area contributed by atoms with Gasteiger partial charge in [-0.2, -0.15) is 0 Å². The molecule has 0 spiro atoms. The topological polar surface area (TPSA) is 78.9 Å². The number of esters is 3. The Morgan fingerprint density at radius 3 is 0.707 bits per heavy atom. The summed E-state index contributed by atoms with van der Waals surface area (Å²) in [6.07, 6.45) is 92.1. The Labute approximate surface area is 510 Å². The number of carbonyl (C=O) groups excluding carboxylic acids is 3. The minimum atomic E-state index is -0.783. The molecule has 0 aromatic rings. The van der Waals surface area contributed by atoms with Crippen molar-refractivity contribution in [3.8, 4) is 0 Å². The van der Waals surface area contributed by atoms with E-state index in [1.165, 1.54) is 250 Å². The normalized spacial score (nSPS) is 12.5. The summed E-state index contributed by atoms with van der Waals surface area (Å²) in [7, 11) is 0. The Balaban J connectivity index is 4.31. The molecule has 0 aromatic heterocycles. The van der Waals surface area contributed by atoms with Gasteiger partial charge in [-0.1, -0.05) is 312 Å². The summed E-state index contributed by atoms with van der Waals surface area (Å²) >= 11 is 0. The van der Waals surface area contributed by atoms with Crippen molar-refractivity contribution in [1.29, 1.82) is 0 Å². The van der Waals surface area contributed by atoms with E-state index in [1.54, 1.807) is 0 Å². The third-order valence-corrected chi connectivity index (χ3v) is 15.9. The SMILES string of the molecule is CCCCC/C=C\C/C=C\CCCCCCCCCCCC(=O)OC(COC(=O)CCCCCCCCC/C=C\C/C=C\CCCCCC)COC(=O)CCCCCCCCCCCCCCCCC/C=C\C/C=C\CCCCCCC. The highest BCUT2D eigenvalue weighted by molar-refractivity contribution is 5.71. The Bertz CT molecular complexity index is 1500. The van der Waals surface area contributed by atoms with Gasteiger partial charge in [0, 0.05) is 19.3 Å². The predicted octanol–water partition coefficient (Wildman–Crippen LogP) is 24.8. The monoisotopic (exact) mass is 1150 g/mol. The molecule has 0 aromatic carbocycles. The van der Waals surface area contributed by atoms with Crippen LogP contribution in [-0.4, -0.2) is 37.2 Å². The quantitative estimate of drug-likeness (QED) is 0.0261. The van der Waals surface area contributed by atoms with Crippen molar-refractivity contribution in [2.45, 2.75) is 380 Å². The first kappa shape index (κ1) is 78.8. The molecule has 0 amide bonds. The number of unbranched alkanes of at least 4 members (excludes halogenated alkanes) is 43. The summed E-state index contributed by atoms with van der Waals surface area (Å²) < 4.78 is 17.0. The molecule has 6 heteroatoms. The van der Waals surface area contributed by atoms with Crippen molar-refractivity contribution in [3.05, 3.63) is 72.9 Å². The zero-order chi connectivity index (χ0) is 59.2. The van der Waals surface area contributed by atoms with E-state index in [0.29, 0.717) is 19.3 Å². The van der Waals surface area contributed by atoms with Gasteiger partial charge in [0.25, 0.3) is 0 Å². The van der Waals surface area contributed by atoms with E-state index in [1.807, 2.05) is 0 Å². The van der Waals surface area contributed by atoms with Crippen molar-refractivity contribution in [3.63, 3.8) is 0 Å². The van der Waals surface area contributed by atoms with Gasteiger partial charge in [0.2, 0.25) is 0 Å². The number of hydrogen-bond acceptors (Lipinski definition) is 6. The minimum Gasteiger partial charge on any atom is -0.462 e. The molecule has 476 valence electrons. The molecular formula is C76H136O6. The lowest BCUT2D eigenvalue weighted by molar-refractivity contribution is -0.167. The van der Waals surface area contributed by atoms with Gasteiger partial charge in [0.1, 0.15) is 13.2 Å². The van der Waals surface area contributed by atoms with Gasteiger partial charge in [0.15, 0.2) is 6.10 Å². The fourth-order valence-corrected chi connectivity index (χ4v) is 10.5. The van der Waals surface area contributed by atoms with Crippen molar-refractivity contribution in [2.24, 2.45) is 0 Å². The van der Waals surface area contributed by atoms with E-state index in [4.69, 9.17) is 14.2 Å². The van der Waals surface area contributed by atoms with Crippen LogP contribution in [0.3, 0.4) is 0 Å². The highest BCUT2D eigenvalue weighted by Gasteiger charge is 2.19. The second-order valence-electron chi connectivity index (χ2n) is 24.1. The molecule has 1 atom stereocenters. The number of allylic oxidation sites excluding steroid dienone is 12. The van der Waals surface area contributed by atoms with Crippen LogP contribution in [0.4, 0.5) is 0 Å². The highest BCUT2D eigenvalue weighted by Crippen LogP contribution is 2.17. The first-order valence-corrected chi connectivity index (χ1v) is 35.9. The molecule has 6 nitrogen and oxygen atoms in total. The lowest BCUT2D eigenvalue weighted by atomic mass is 10.0. The van der Waals surface area contributed by atoms with E-state index in [0.717, 1.165) is 83.5 Å². The number of ether oxygens (including phenoxy) is 3. The van der Waals surface area contributed by atoms with Crippen LogP contribution in [0.25, 0.3) is 0 Å². The molecule has 0 rings (SSSR count). The Morgan fingerprint density at radius 2 is 0.439 bits per heavy atom. The van der Waals surface area contributed by atoms with Crippen LogP contribution in [0, 0.1) is 0 Å². The van der Waals surface area contributed by atoms with E-state index in [9.17, 15) is 14.4 Å². The van der Waals surface area contributed by atoms with Crippen LogP contribution in [0.2, 0.25) is 0 Å². The largest absolute Gasteiger partial charge is 0.462 e. The zero-order valence-corrected chi connectivity index (χ0v) is 54.8. The third kappa shape index (κ3) is 67.6. The van der Waals surface area contributed by atoms with Crippen LogP contribution < -0.4 is 0 Å². The van der Waals surface area contributed by atoms with E-state index in [2.05, 4.69) is 93.7 Å². The summed E-state index contributed by atoms with van der Waals surface area (Å²) in [5, 5.41) is 0. The number of rotatable bonds is 66. The molecule has 0 N–H and O–H groups in total. The molecule has 0 saturated carbocycles. The zero-order valence-electron chi connectivity index (χ0n) is 54.8. The molecule has 0 fully saturated rings. The summed E-state index contributed by atoms with van der Waals surface area (Å²) in [5.74, 6) is -0.868.